The minimum atomic E-state index is -4.81. The number of carbonyl (C=O) groups is 1. The molecule has 0 aliphatic rings. The average Bonchev–Trinajstić information content (AvgIpc) is 2.77. The predicted molar refractivity (Wildman–Crippen MR) is 116 cm³/mol. The molecule has 9 heteroatoms. The Morgan fingerprint density at radius 3 is 2.39 bits per heavy atom. The van der Waals surface area contributed by atoms with Crippen LogP contribution in [0.5, 0.6) is 0 Å². The Morgan fingerprint density at radius 1 is 1.09 bits per heavy atom. The van der Waals surface area contributed by atoms with Crippen molar-refractivity contribution < 1.29 is 27.1 Å². The highest BCUT2D eigenvalue weighted by atomic mass is 35.5. The second-order valence-corrected chi connectivity index (χ2v) is 7.60. The number of ether oxygens (including phenoxy) is 1. The summed E-state index contributed by atoms with van der Waals surface area (Å²) in [5.74, 6) is -1.12. The summed E-state index contributed by atoms with van der Waals surface area (Å²) in [4.78, 5) is 16.9. The zero-order valence-corrected chi connectivity index (χ0v) is 18.0. The van der Waals surface area contributed by atoms with E-state index in [4.69, 9.17) is 16.3 Å². The molecular formula is C24H19ClF4N2O2. The van der Waals surface area contributed by atoms with E-state index >= 15 is 0 Å². The monoisotopic (exact) mass is 478 g/mol. The first-order chi connectivity index (χ1) is 15.6. The van der Waals surface area contributed by atoms with Crippen LogP contribution in [0.25, 0.3) is 0 Å². The lowest BCUT2D eigenvalue weighted by Gasteiger charge is -2.35. The molecule has 172 valence electrons. The number of pyridine rings is 1. The Hall–Kier alpha value is -3.39. The van der Waals surface area contributed by atoms with Gasteiger partial charge in [-0.15, -0.1) is 0 Å². The van der Waals surface area contributed by atoms with Gasteiger partial charge in [0.25, 0.3) is 0 Å². The summed E-state index contributed by atoms with van der Waals surface area (Å²) in [5, 5.41) is 2.90. The maximum absolute atomic E-state index is 14.4. The highest BCUT2D eigenvalue weighted by molar-refractivity contribution is 6.30. The van der Waals surface area contributed by atoms with E-state index in [0.717, 1.165) is 12.1 Å². The van der Waals surface area contributed by atoms with Gasteiger partial charge in [0, 0.05) is 12.6 Å². The van der Waals surface area contributed by atoms with Crippen molar-refractivity contribution in [2.24, 2.45) is 0 Å². The van der Waals surface area contributed by atoms with Crippen molar-refractivity contribution in [1.82, 2.24) is 10.3 Å². The van der Waals surface area contributed by atoms with Crippen molar-refractivity contribution >= 4 is 17.7 Å². The lowest BCUT2D eigenvalue weighted by Crippen LogP contribution is -2.49. The third kappa shape index (κ3) is 5.90. The maximum atomic E-state index is 14.4. The Balaban J connectivity index is 2.28. The van der Waals surface area contributed by atoms with E-state index in [0.29, 0.717) is 11.6 Å². The number of nitrogens with zero attached hydrogens (tertiary/aromatic N) is 1. The molecule has 0 radical (unpaired) electrons. The fourth-order valence-corrected chi connectivity index (χ4v) is 3.51. The average molecular weight is 479 g/mol. The number of nitrogens with one attached hydrogen (secondary N) is 1. The fraction of sp³-hybridized carbons (Fsp3) is 0.167. The number of aromatic nitrogens is 1. The number of hydrogen-bond donors (Lipinski definition) is 1. The first kappa shape index (κ1) is 24.3. The molecule has 0 bridgehead atoms. The van der Waals surface area contributed by atoms with E-state index in [9.17, 15) is 22.4 Å². The quantitative estimate of drug-likeness (QED) is 0.320. The van der Waals surface area contributed by atoms with Gasteiger partial charge in [-0.3, -0.25) is 4.98 Å². The third-order valence-electron chi connectivity index (χ3n) is 4.84. The summed E-state index contributed by atoms with van der Waals surface area (Å²) in [7, 11) is 0. The van der Waals surface area contributed by atoms with E-state index in [1.165, 1.54) is 24.4 Å². The van der Waals surface area contributed by atoms with Crippen LogP contribution in [-0.4, -0.2) is 17.7 Å². The standard InChI is InChI=1S/C24H19ClF4N2O2/c1-2-10-33-22(32)31-23(14-16-6-4-3-5-7-16,21-9-8-19(25)15-30-21)17-11-18(24(27,28)29)13-20(26)12-17/h2-9,11-13,15H,1,10,14H2,(H,31,32)/t23-/m1/s1. The molecule has 33 heavy (non-hydrogen) atoms. The number of carbonyl (C=O) groups excluding carboxylic acids is 1. The van der Waals surface area contributed by atoms with Crippen LogP contribution in [0.1, 0.15) is 22.4 Å². The molecule has 1 aromatic heterocycles. The fourth-order valence-electron chi connectivity index (χ4n) is 3.40. The number of benzene rings is 2. The molecule has 4 nitrogen and oxygen atoms in total. The second kappa shape index (κ2) is 10.0. The van der Waals surface area contributed by atoms with E-state index in [-0.39, 0.29) is 29.3 Å². The molecule has 0 spiro atoms. The van der Waals surface area contributed by atoms with E-state index in [1.807, 2.05) is 0 Å². The molecule has 0 aliphatic carbocycles. The summed E-state index contributed by atoms with van der Waals surface area (Å²) in [6.45, 7) is 3.33. The molecule has 1 amide bonds. The molecule has 3 aromatic rings. The van der Waals surface area contributed by atoms with E-state index < -0.39 is 29.2 Å². The Morgan fingerprint density at radius 2 is 1.79 bits per heavy atom. The maximum Gasteiger partial charge on any atom is 0.416 e. The lowest BCUT2D eigenvalue weighted by molar-refractivity contribution is -0.137. The summed E-state index contributed by atoms with van der Waals surface area (Å²) in [6.07, 6.45) is -3.18. The first-order valence-electron chi connectivity index (χ1n) is 9.74. The second-order valence-electron chi connectivity index (χ2n) is 7.17. The van der Waals surface area contributed by atoms with Gasteiger partial charge in [0.05, 0.1) is 16.3 Å². The zero-order chi connectivity index (χ0) is 24.1. The Kier molecular flexibility index (Phi) is 7.38. The predicted octanol–water partition coefficient (Wildman–Crippen LogP) is 6.29. The normalized spacial score (nSPS) is 13.1. The summed E-state index contributed by atoms with van der Waals surface area (Å²) in [6, 6.07) is 13.7. The third-order valence-corrected chi connectivity index (χ3v) is 5.07. The topological polar surface area (TPSA) is 51.2 Å². The number of amides is 1. The molecule has 0 unspecified atom stereocenters. The largest absolute Gasteiger partial charge is 0.445 e. The summed E-state index contributed by atoms with van der Waals surface area (Å²) < 4.78 is 60.1. The molecule has 2 aromatic carbocycles. The highest BCUT2D eigenvalue weighted by Crippen LogP contribution is 2.38. The van der Waals surface area contributed by atoms with Crippen LogP contribution in [-0.2, 0) is 22.9 Å². The number of hydrogen-bond acceptors (Lipinski definition) is 3. The number of halogens is 5. The van der Waals surface area contributed by atoms with Crippen LogP contribution in [0.2, 0.25) is 5.02 Å². The number of rotatable bonds is 7. The van der Waals surface area contributed by atoms with Gasteiger partial charge < -0.3 is 10.1 Å². The number of alkyl halides is 3. The van der Waals surface area contributed by atoms with Crippen LogP contribution in [0.4, 0.5) is 22.4 Å². The molecule has 0 saturated carbocycles. The SMILES string of the molecule is C=CCOC(=O)N[C@](Cc1ccccc1)(c1cc(F)cc(C(F)(F)F)c1)c1ccc(Cl)cn1. The van der Waals surface area contributed by atoms with E-state index in [2.05, 4.69) is 16.9 Å². The summed E-state index contributed by atoms with van der Waals surface area (Å²) >= 11 is 5.96. The molecule has 0 fully saturated rings. The Labute approximate surface area is 192 Å². The van der Waals surface area contributed by atoms with Gasteiger partial charge >= 0.3 is 12.3 Å². The van der Waals surface area contributed by atoms with Crippen LogP contribution in [0.3, 0.4) is 0 Å². The van der Waals surface area contributed by atoms with Crippen molar-refractivity contribution in [2.75, 3.05) is 6.61 Å². The molecule has 1 N–H and O–H groups in total. The van der Waals surface area contributed by atoms with Crippen molar-refractivity contribution in [3.8, 4) is 0 Å². The van der Waals surface area contributed by atoms with Crippen molar-refractivity contribution in [3.05, 3.63) is 113 Å². The van der Waals surface area contributed by atoms with Crippen LogP contribution in [0, 0.1) is 5.82 Å². The van der Waals surface area contributed by atoms with Crippen molar-refractivity contribution in [2.45, 2.75) is 18.1 Å². The van der Waals surface area contributed by atoms with Crippen LogP contribution in [0.15, 0.2) is 79.5 Å². The van der Waals surface area contributed by atoms with Gasteiger partial charge in [-0.25, -0.2) is 9.18 Å². The van der Waals surface area contributed by atoms with Crippen molar-refractivity contribution in [1.29, 1.82) is 0 Å². The molecule has 1 heterocycles. The molecule has 1 atom stereocenters. The van der Waals surface area contributed by atoms with Gasteiger partial charge in [0.1, 0.15) is 18.0 Å². The van der Waals surface area contributed by atoms with Gasteiger partial charge in [0.15, 0.2) is 0 Å². The van der Waals surface area contributed by atoms with Crippen LogP contribution < -0.4 is 5.32 Å². The minimum absolute atomic E-state index is 0.0492. The zero-order valence-electron chi connectivity index (χ0n) is 17.2. The first-order valence-corrected chi connectivity index (χ1v) is 10.1. The summed E-state index contributed by atoms with van der Waals surface area (Å²) in [5.41, 5.74) is -2.29. The lowest BCUT2D eigenvalue weighted by atomic mass is 9.80. The number of alkyl carbamates (subject to hydrolysis) is 1. The van der Waals surface area contributed by atoms with Gasteiger partial charge in [0.2, 0.25) is 0 Å². The molecule has 0 saturated heterocycles. The van der Waals surface area contributed by atoms with Crippen molar-refractivity contribution in [3.63, 3.8) is 0 Å². The Bertz CT molecular complexity index is 1120. The minimum Gasteiger partial charge on any atom is -0.445 e. The highest BCUT2D eigenvalue weighted by Gasteiger charge is 2.41. The molecule has 3 rings (SSSR count). The van der Waals surface area contributed by atoms with Gasteiger partial charge in [-0.05, 0) is 41.5 Å². The van der Waals surface area contributed by atoms with Gasteiger partial charge in [-0.1, -0.05) is 54.6 Å². The smallest absolute Gasteiger partial charge is 0.416 e. The van der Waals surface area contributed by atoms with E-state index in [1.54, 1.807) is 30.3 Å². The molecule has 0 aliphatic heterocycles. The van der Waals surface area contributed by atoms with Gasteiger partial charge in [-0.2, -0.15) is 13.2 Å². The molecular weight excluding hydrogens is 460 g/mol. The van der Waals surface area contributed by atoms with Crippen LogP contribution >= 0.6 is 11.6 Å².